The second-order valence-electron chi connectivity index (χ2n) is 7.04. The Morgan fingerprint density at radius 1 is 1.00 bits per heavy atom. The third-order valence-electron chi connectivity index (χ3n) is 4.69. The molecule has 0 aliphatic carbocycles. The normalized spacial score (nSPS) is 10.6. The number of rotatable bonds is 5. The van der Waals surface area contributed by atoms with Crippen molar-refractivity contribution in [1.82, 2.24) is 15.0 Å². The summed E-state index contributed by atoms with van der Waals surface area (Å²) in [5, 5.41) is 6.72. The van der Waals surface area contributed by atoms with Gasteiger partial charge in [-0.25, -0.2) is 9.97 Å². The molecule has 31 heavy (non-hydrogen) atoms. The number of hydrogen-bond donors (Lipinski definition) is 4. The molecule has 0 aliphatic heterocycles. The van der Waals surface area contributed by atoms with Crippen LogP contribution in [0.25, 0.3) is 16.5 Å². The Morgan fingerprint density at radius 2 is 1.74 bits per heavy atom. The summed E-state index contributed by atoms with van der Waals surface area (Å²) in [7, 11) is 0. The summed E-state index contributed by atoms with van der Waals surface area (Å²) in [6.07, 6.45) is 1.61. The predicted molar refractivity (Wildman–Crippen MR) is 125 cm³/mol. The molecule has 8 nitrogen and oxygen atoms in total. The fraction of sp³-hybridized carbons (Fsp3) is 0.0435. The zero-order valence-electron chi connectivity index (χ0n) is 16.9. The van der Waals surface area contributed by atoms with Crippen LogP contribution in [0, 0.1) is 0 Å². The quantitative estimate of drug-likeness (QED) is 0.386. The SMILES string of the molecule is C=C(C)c1ccc(NC(=O)c2cccnc2Nc2ccc3nc(N)nc(N)c3c2)cc1. The van der Waals surface area contributed by atoms with Gasteiger partial charge >= 0.3 is 0 Å². The van der Waals surface area contributed by atoms with Crippen molar-refractivity contribution in [3.05, 3.63) is 78.5 Å². The van der Waals surface area contributed by atoms with Crippen molar-refractivity contribution in [3.8, 4) is 0 Å². The van der Waals surface area contributed by atoms with Crippen molar-refractivity contribution in [3.63, 3.8) is 0 Å². The van der Waals surface area contributed by atoms with Crippen LogP contribution >= 0.6 is 0 Å². The molecule has 0 saturated heterocycles. The number of nitrogens with two attached hydrogens (primary N) is 2. The van der Waals surface area contributed by atoms with Crippen molar-refractivity contribution in [2.24, 2.45) is 0 Å². The lowest BCUT2D eigenvalue weighted by Crippen LogP contribution is -2.14. The summed E-state index contributed by atoms with van der Waals surface area (Å²) >= 11 is 0. The van der Waals surface area contributed by atoms with Crippen LogP contribution in [0.1, 0.15) is 22.8 Å². The number of allylic oxidation sites excluding steroid dienone is 1. The number of nitrogen functional groups attached to an aromatic ring is 2. The fourth-order valence-corrected chi connectivity index (χ4v) is 3.11. The number of carbonyl (C=O) groups is 1. The van der Waals surface area contributed by atoms with E-state index < -0.39 is 0 Å². The molecule has 0 bridgehead atoms. The Morgan fingerprint density at radius 3 is 2.48 bits per heavy atom. The van der Waals surface area contributed by atoms with Gasteiger partial charge in [0.2, 0.25) is 5.95 Å². The first kappa shape index (κ1) is 19.8. The summed E-state index contributed by atoms with van der Waals surface area (Å²) in [5.74, 6) is 0.525. The minimum Gasteiger partial charge on any atom is -0.383 e. The molecule has 2 heterocycles. The fourth-order valence-electron chi connectivity index (χ4n) is 3.11. The van der Waals surface area contributed by atoms with Crippen molar-refractivity contribution in [1.29, 1.82) is 0 Å². The van der Waals surface area contributed by atoms with E-state index in [-0.39, 0.29) is 17.7 Å². The van der Waals surface area contributed by atoms with Crippen molar-refractivity contribution in [2.45, 2.75) is 6.92 Å². The maximum absolute atomic E-state index is 12.9. The van der Waals surface area contributed by atoms with Crippen LogP contribution in [0.2, 0.25) is 0 Å². The average molecular weight is 411 g/mol. The number of nitrogens with one attached hydrogen (secondary N) is 2. The number of benzene rings is 2. The zero-order valence-corrected chi connectivity index (χ0v) is 16.9. The molecule has 6 N–H and O–H groups in total. The smallest absolute Gasteiger partial charge is 0.259 e. The van der Waals surface area contributed by atoms with Crippen LogP contribution in [0.5, 0.6) is 0 Å². The lowest BCUT2D eigenvalue weighted by Gasteiger charge is -2.12. The highest BCUT2D eigenvalue weighted by Gasteiger charge is 2.14. The molecule has 4 rings (SSSR count). The molecular weight excluding hydrogens is 390 g/mol. The summed E-state index contributed by atoms with van der Waals surface area (Å²) in [5.41, 5.74) is 16.0. The number of fused-ring (bicyclic) bond motifs is 1. The molecule has 0 atom stereocenters. The highest BCUT2D eigenvalue weighted by molar-refractivity contribution is 6.08. The van der Waals surface area contributed by atoms with Gasteiger partial charge in [-0.15, -0.1) is 0 Å². The van der Waals surface area contributed by atoms with E-state index in [0.717, 1.165) is 11.1 Å². The Bertz CT molecular complexity index is 1300. The van der Waals surface area contributed by atoms with Crippen LogP contribution in [0.4, 0.5) is 29.0 Å². The first-order valence-electron chi connectivity index (χ1n) is 9.53. The minimum atomic E-state index is -0.282. The molecule has 2 aromatic heterocycles. The monoisotopic (exact) mass is 411 g/mol. The number of carbonyl (C=O) groups excluding carboxylic acids is 1. The van der Waals surface area contributed by atoms with Crippen LogP contribution in [0.3, 0.4) is 0 Å². The van der Waals surface area contributed by atoms with E-state index in [1.807, 2.05) is 31.2 Å². The number of amides is 1. The molecular formula is C23H21N7O. The Labute approximate surface area is 179 Å². The molecule has 4 aromatic rings. The maximum Gasteiger partial charge on any atom is 0.259 e. The summed E-state index contributed by atoms with van der Waals surface area (Å²) in [6.45, 7) is 5.85. The summed E-state index contributed by atoms with van der Waals surface area (Å²) in [4.78, 5) is 25.4. The Balaban J connectivity index is 1.59. The highest BCUT2D eigenvalue weighted by atomic mass is 16.1. The van der Waals surface area contributed by atoms with Gasteiger partial charge in [-0.3, -0.25) is 4.79 Å². The predicted octanol–water partition coefficient (Wildman–Crippen LogP) is 4.22. The van der Waals surface area contributed by atoms with Crippen molar-refractivity contribution < 1.29 is 4.79 Å². The largest absolute Gasteiger partial charge is 0.383 e. The van der Waals surface area contributed by atoms with E-state index in [9.17, 15) is 4.79 Å². The van der Waals surface area contributed by atoms with E-state index in [1.165, 1.54) is 0 Å². The molecule has 1 amide bonds. The number of nitrogens with zero attached hydrogens (tertiary/aromatic N) is 3. The van der Waals surface area contributed by atoms with Gasteiger partial charge in [0.15, 0.2) is 0 Å². The van der Waals surface area contributed by atoms with Gasteiger partial charge in [0, 0.05) is 23.0 Å². The van der Waals surface area contributed by atoms with Gasteiger partial charge in [0.25, 0.3) is 5.91 Å². The topological polar surface area (TPSA) is 132 Å². The van der Waals surface area contributed by atoms with Gasteiger partial charge in [0.05, 0.1) is 11.1 Å². The van der Waals surface area contributed by atoms with Gasteiger partial charge in [0.1, 0.15) is 11.6 Å². The molecule has 0 unspecified atom stereocenters. The molecule has 0 saturated carbocycles. The van der Waals surface area contributed by atoms with E-state index in [4.69, 9.17) is 11.5 Å². The lowest BCUT2D eigenvalue weighted by atomic mass is 10.1. The molecule has 0 fully saturated rings. The van der Waals surface area contributed by atoms with Crippen LogP contribution in [-0.4, -0.2) is 20.9 Å². The van der Waals surface area contributed by atoms with E-state index in [1.54, 1.807) is 36.5 Å². The average Bonchev–Trinajstić information content (AvgIpc) is 2.75. The highest BCUT2D eigenvalue weighted by Crippen LogP contribution is 2.26. The van der Waals surface area contributed by atoms with Crippen LogP contribution < -0.4 is 22.1 Å². The van der Waals surface area contributed by atoms with Crippen molar-refractivity contribution >= 4 is 51.3 Å². The van der Waals surface area contributed by atoms with E-state index in [2.05, 4.69) is 32.2 Å². The Kier molecular flexibility index (Phi) is 5.19. The minimum absolute atomic E-state index is 0.116. The van der Waals surface area contributed by atoms with Gasteiger partial charge in [-0.2, -0.15) is 4.98 Å². The molecule has 0 radical (unpaired) electrons. The summed E-state index contributed by atoms with van der Waals surface area (Å²) < 4.78 is 0. The third-order valence-corrected chi connectivity index (χ3v) is 4.69. The van der Waals surface area contributed by atoms with Gasteiger partial charge < -0.3 is 22.1 Å². The second kappa shape index (κ2) is 8.11. The number of pyridine rings is 1. The molecule has 154 valence electrons. The van der Waals surface area contributed by atoms with E-state index >= 15 is 0 Å². The van der Waals surface area contributed by atoms with Gasteiger partial charge in [-0.05, 0) is 55.0 Å². The zero-order chi connectivity index (χ0) is 22.0. The first-order chi connectivity index (χ1) is 14.9. The first-order valence-corrected chi connectivity index (χ1v) is 9.53. The molecule has 0 spiro atoms. The number of anilines is 5. The second-order valence-corrected chi connectivity index (χ2v) is 7.04. The number of hydrogen-bond acceptors (Lipinski definition) is 7. The summed E-state index contributed by atoms with van der Waals surface area (Å²) in [6, 6.07) is 16.3. The van der Waals surface area contributed by atoms with E-state index in [0.29, 0.717) is 33.7 Å². The lowest BCUT2D eigenvalue weighted by molar-refractivity contribution is 0.102. The molecule has 0 aliphatic rings. The molecule has 2 aromatic carbocycles. The Hall–Kier alpha value is -4.46. The van der Waals surface area contributed by atoms with Gasteiger partial charge in [-0.1, -0.05) is 24.3 Å². The third kappa shape index (κ3) is 4.27. The number of aromatic nitrogens is 3. The molecule has 8 heteroatoms. The standard InChI is InChI=1S/C23H21N7O/c1-13(2)14-5-7-15(8-6-14)28-22(31)17-4-3-11-26-21(17)27-16-9-10-19-18(12-16)20(24)30-23(25)29-19/h3-12H,1H2,2H3,(H,26,27)(H,28,31)(H4,24,25,29,30). The maximum atomic E-state index is 12.9. The van der Waals surface area contributed by atoms with Crippen LogP contribution in [-0.2, 0) is 0 Å². The van der Waals surface area contributed by atoms with Crippen molar-refractivity contribution in [2.75, 3.05) is 22.1 Å². The van der Waals surface area contributed by atoms with Crippen LogP contribution in [0.15, 0.2) is 67.4 Å².